The first-order valence-electron chi connectivity index (χ1n) is 6.64. The maximum absolute atomic E-state index is 12.0. The summed E-state index contributed by atoms with van der Waals surface area (Å²) in [5, 5.41) is 0. The number of ketones is 1. The molecule has 2 aliphatic rings. The molecule has 86 valence electrons. The SMILES string of the molecule is CC(C)[C@H]1CCC(=O)[C@@H]2[C@@H]1CCC[C@H]2C. The largest absolute Gasteiger partial charge is 0.299 e. The summed E-state index contributed by atoms with van der Waals surface area (Å²) in [5.74, 6) is 3.93. The molecule has 0 aromatic heterocycles. The van der Waals surface area contributed by atoms with Crippen LogP contribution in [0.4, 0.5) is 0 Å². The van der Waals surface area contributed by atoms with Crippen molar-refractivity contribution in [3.8, 4) is 0 Å². The van der Waals surface area contributed by atoms with Gasteiger partial charge in [0.25, 0.3) is 0 Å². The molecule has 2 aliphatic carbocycles. The Bertz CT molecular complexity index is 244. The first-order valence-corrected chi connectivity index (χ1v) is 6.64. The van der Waals surface area contributed by atoms with E-state index in [9.17, 15) is 4.79 Å². The molecular weight excluding hydrogens is 184 g/mol. The monoisotopic (exact) mass is 208 g/mol. The minimum absolute atomic E-state index is 0.417. The number of hydrogen-bond donors (Lipinski definition) is 0. The number of Topliss-reactive ketones (excluding diaryl/α,β-unsaturated/α-hetero) is 1. The number of rotatable bonds is 1. The molecule has 4 atom stereocenters. The third-order valence-electron chi connectivity index (χ3n) is 4.77. The lowest BCUT2D eigenvalue weighted by atomic mass is 9.59. The van der Waals surface area contributed by atoms with Crippen molar-refractivity contribution in [2.45, 2.75) is 52.9 Å². The van der Waals surface area contributed by atoms with Gasteiger partial charge in [-0.1, -0.05) is 27.2 Å². The Labute approximate surface area is 93.6 Å². The van der Waals surface area contributed by atoms with E-state index in [1.54, 1.807) is 0 Å². The second-order valence-electron chi connectivity index (χ2n) is 6.01. The van der Waals surface area contributed by atoms with Gasteiger partial charge >= 0.3 is 0 Å². The van der Waals surface area contributed by atoms with E-state index in [1.807, 2.05) is 0 Å². The molecule has 0 aromatic rings. The zero-order chi connectivity index (χ0) is 11.0. The molecule has 0 spiro atoms. The van der Waals surface area contributed by atoms with Gasteiger partial charge in [-0.05, 0) is 42.9 Å². The smallest absolute Gasteiger partial charge is 0.136 e. The predicted molar refractivity (Wildman–Crippen MR) is 62.6 cm³/mol. The van der Waals surface area contributed by atoms with Gasteiger partial charge < -0.3 is 0 Å². The van der Waals surface area contributed by atoms with E-state index in [4.69, 9.17) is 0 Å². The molecule has 0 aliphatic heterocycles. The Morgan fingerprint density at radius 3 is 2.60 bits per heavy atom. The Morgan fingerprint density at radius 2 is 1.93 bits per heavy atom. The lowest BCUT2D eigenvalue weighted by Crippen LogP contribution is -2.42. The first-order chi connectivity index (χ1) is 7.11. The van der Waals surface area contributed by atoms with E-state index < -0.39 is 0 Å². The summed E-state index contributed by atoms with van der Waals surface area (Å²) >= 11 is 0. The molecule has 15 heavy (non-hydrogen) atoms. The highest BCUT2D eigenvalue weighted by Crippen LogP contribution is 2.47. The first kappa shape index (κ1) is 11.2. The van der Waals surface area contributed by atoms with Crippen LogP contribution in [0.15, 0.2) is 0 Å². The topological polar surface area (TPSA) is 17.1 Å². The molecule has 0 N–H and O–H groups in total. The van der Waals surface area contributed by atoms with Crippen LogP contribution in [0.2, 0.25) is 0 Å². The van der Waals surface area contributed by atoms with E-state index in [0.29, 0.717) is 17.6 Å². The fourth-order valence-electron chi connectivity index (χ4n) is 4.01. The van der Waals surface area contributed by atoms with E-state index in [2.05, 4.69) is 20.8 Å². The molecule has 0 bridgehead atoms. The summed E-state index contributed by atoms with van der Waals surface area (Å²) in [5.41, 5.74) is 0. The van der Waals surface area contributed by atoms with Crippen LogP contribution in [-0.4, -0.2) is 5.78 Å². The molecule has 0 saturated heterocycles. The number of hydrogen-bond acceptors (Lipinski definition) is 1. The van der Waals surface area contributed by atoms with Crippen LogP contribution in [0.1, 0.15) is 52.9 Å². The van der Waals surface area contributed by atoms with Crippen LogP contribution in [-0.2, 0) is 4.79 Å². The Hall–Kier alpha value is -0.330. The molecule has 0 radical (unpaired) electrons. The van der Waals surface area contributed by atoms with Crippen molar-refractivity contribution >= 4 is 5.78 Å². The summed E-state index contributed by atoms with van der Waals surface area (Å²) < 4.78 is 0. The van der Waals surface area contributed by atoms with Gasteiger partial charge in [0.15, 0.2) is 0 Å². The standard InChI is InChI=1S/C14H24O/c1-9(2)11-7-8-13(15)14-10(3)5-4-6-12(11)14/h9-12,14H,4-8H2,1-3H3/t10-,11-,12-,14+/m1/s1. The quantitative estimate of drug-likeness (QED) is 0.642. The fraction of sp³-hybridized carbons (Fsp3) is 0.929. The molecule has 0 amide bonds. The normalized spacial score (nSPS) is 41.7. The summed E-state index contributed by atoms with van der Waals surface area (Å²) in [7, 11) is 0. The second kappa shape index (κ2) is 4.27. The maximum atomic E-state index is 12.0. The Balaban J connectivity index is 2.18. The van der Waals surface area contributed by atoms with Gasteiger partial charge in [-0.15, -0.1) is 0 Å². The molecule has 2 saturated carbocycles. The lowest BCUT2D eigenvalue weighted by molar-refractivity contribution is -0.133. The average Bonchev–Trinajstić information content (AvgIpc) is 2.17. The minimum Gasteiger partial charge on any atom is -0.299 e. The highest BCUT2D eigenvalue weighted by Gasteiger charge is 2.43. The summed E-state index contributed by atoms with van der Waals surface area (Å²) in [6.07, 6.45) is 5.94. The van der Waals surface area contributed by atoms with E-state index in [0.717, 1.165) is 30.6 Å². The van der Waals surface area contributed by atoms with Crippen molar-refractivity contribution in [2.75, 3.05) is 0 Å². The van der Waals surface area contributed by atoms with Crippen molar-refractivity contribution in [3.05, 3.63) is 0 Å². The number of carbonyl (C=O) groups is 1. The Morgan fingerprint density at radius 1 is 1.20 bits per heavy atom. The molecule has 1 heteroatoms. The van der Waals surface area contributed by atoms with Crippen LogP contribution in [0.25, 0.3) is 0 Å². The van der Waals surface area contributed by atoms with Gasteiger partial charge in [0.1, 0.15) is 5.78 Å². The van der Waals surface area contributed by atoms with Gasteiger partial charge in [-0.25, -0.2) is 0 Å². The summed E-state index contributed by atoms with van der Waals surface area (Å²) in [6.45, 7) is 6.95. The number of fused-ring (bicyclic) bond motifs is 1. The Kier molecular flexibility index (Phi) is 3.18. The zero-order valence-electron chi connectivity index (χ0n) is 10.3. The molecule has 0 aromatic carbocycles. The molecule has 0 heterocycles. The van der Waals surface area contributed by atoms with Crippen molar-refractivity contribution in [1.29, 1.82) is 0 Å². The van der Waals surface area contributed by atoms with Gasteiger partial charge in [-0.3, -0.25) is 4.79 Å². The van der Waals surface area contributed by atoms with E-state index in [1.165, 1.54) is 19.3 Å². The van der Waals surface area contributed by atoms with Gasteiger partial charge in [-0.2, -0.15) is 0 Å². The van der Waals surface area contributed by atoms with Gasteiger partial charge in [0, 0.05) is 12.3 Å². The van der Waals surface area contributed by atoms with Gasteiger partial charge in [0.2, 0.25) is 0 Å². The fourth-order valence-corrected chi connectivity index (χ4v) is 4.01. The van der Waals surface area contributed by atoms with Crippen LogP contribution in [0.5, 0.6) is 0 Å². The minimum atomic E-state index is 0.417. The van der Waals surface area contributed by atoms with Crippen LogP contribution in [0.3, 0.4) is 0 Å². The second-order valence-corrected chi connectivity index (χ2v) is 6.01. The molecule has 1 nitrogen and oxygen atoms in total. The van der Waals surface area contributed by atoms with Crippen molar-refractivity contribution in [3.63, 3.8) is 0 Å². The van der Waals surface area contributed by atoms with Crippen molar-refractivity contribution in [2.24, 2.45) is 29.6 Å². The highest BCUT2D eigenvalue weighted by molar-refractivity contribution is 5.82. The summed E-state index contributed by atoms with van der Waals surface area (Å²) in [6, 6.07) is 0. The molecule has 2 rings (SSSR count). The van der Waals surface area contributed by atoms with Crippen molar-refractivity contribution in [1.82, 2.24) is 0 Å². The predicted octanol–water partition coefficient (Wildman–Crippen LogP) is 3.67. The van der Waals surface area contributed by atoms with Crippen LogP contribution in [0, 0.1) is 29.6 Å². The summed E-state index contributed by atoms with van der Waals surface area (Å²) in [4.78, 5) is 12.0. The van der Waals surface area contributed by atoms with Crippen LogP contribution >= 0.6 is 0 Å². The highest BCUT2D eigenvalue weighted by atomic mass is 16.1. The average molecular weight is 208 g/mol. The van der Waals surface area contributed by atoms with Crippen LogP contribution < -0.4 is 0 Å². The lowest BCUT2D eigenvalue weighted by Gasteiger charge is -2.45. The third kappa shape index (κ3) is 1.98. The zero-order valence-corrected chi connectivity index (χ0v) is 10.3. The van der Waals surface area contributed by atoms with Gasteiger partial charge in [0.05, 0.1) is 0 Å². The van der Waals surface area contributed by atoms with E-state index in [-0.39, 0.29) is 0 Å². The third-order valence-corrected chi connectivity index (χ3v) is 4.77. The maximum Gasteiger partial charge on any atom is 0.136 e. The molecule has 2 fully saturated rings. The van der Waals surface area contributed by atoms with Crippen molar-refractivity contribution < 1.29 is 4.79 Å². The molecular formula is C14H24O. The van der Waals surface area contributed by atoms with E-state index >= 15 is 0 Å². The molecule has 0 unspecified atom stereocenters. The number of carbonyl (C=O) groups excluding carboxylic acids is 1.